The fourth-order valence-electron chi connectivity index (χ4n) is 2.86. The number of halogens is 1. The van der Waals surface area contributed by atoms with Crippen LogP contribution in [0.1, 0.15) is 42.6 Å². The van der Waals surface area contributed by atoms with Crippen molar-refractivity contribution in [2.45, 2.75) is 44.6 Å². The molecule has 0 heterocycles. The average molecular weight is 409 g/mol. The maximum atomic E-state index is 12.8. The molecule has 5 nitrogen and oxygen atoms in total. The van der Waals surface area contributed by atoms with Gasteiger partial charge in [-0.05, 0) is 68.3 Å². The summed E-state index contributed by atoms with van der Waals surface area (Å²) in [6.07, 6.45) is 1.90. The van der Waals surface area contributed by atoms with Gasteiger partial charge in [-0.3, -0.25) is 9.10 Å². The number of nitrogens with one attached hydrogen (secondary N) is 1. The van der Waals surface area contributed by atoms with Gasteiger partial charge < -0.3 is 5.32 Å². The highest BCUT2D eigenvalue weighted by molar-refractivity contribution is 7.92. The van der Waals surface area contributed by atoms with E-state index in [1.165, 1.54) is 23.5 Å². The van der Waals surface area contributed by atoms with Gasteiger partial charge in [-0.15, -0.1) is 0 Å². The van der Waals surface area contributed by atoms with Gasteiger partial charge in [0.15, 0.2) is 0 Å². The molecule has 2 aromatic rings. The van der Waals surface area contributed by atoms with E-state index in [0.717, 1.165) is 12.8 Å². The maximum absolute atomic E-state index is 12.8. The van der Waals surface area contributed by atoms with Gasteiger partial charge in [-0.1, -0.05) is 24.9 Å². The van der Waals surface area contributed by atoms with E-state index in [4.69, 9.17) is 11.6 Å². The molecule has 1 atom stereocenters. The molecule has 1 amide bonds. The first-order valence-corrected chi connectivity index (χ1v) is 10.6. The Kier molecular flexibility index (Phi) is 6.89. The van der Waals surface area contributed by atoms with Crippen molar-refractivity contribution >= 4 is 33.2 Å². The summed E-state index contributed by atoms with van der Waals surface area (Å²) < 4.78 is 26.9. The predicted molar refractivity (Wildman–Crippen MR) is 110 cm³/mol. The van der Waals surface area contributed by atoms with E-state index in [2.05, 4.69) is 12.2 Å². The lowest BCUT2D eigenvalue weighted by atomic mass is 10.1. The van der Waals surface area contributed by atoms with Crippen LogP contribution < -0.4 is 9.62 Å². The second-order valence-corrected chi connectivity index (χ2v) is 9.00. The van der Waals surface area contributed by atoms with Crippen molar-refractivity contribution in [3.8, 4) is 0 Å². The zero-order chi connectivity index (χ0) is 20.2. The zero-order valence-electron chi connectivity index (χ0n) is 16.0. The lowest BCUT2D eigenvalue weighted by Gasteiger charge is -2.22. The largest absolute Gasteiger partial charge is 0.350 e. The van der Waals surface area contributed by atoms with Crippen molar-refractivity contribution in [3.63, 3.8) is 0 Å². The van der Waals surface area contributed by atoms with Crippen molar-refractivity contribution in [3.05, 3.63) is 58.6 Å². The molecule has 0 radical (unpaired) electrons. The molecule has 2 aromatic carbocycles. The summed E-state index contributed by atoms with van der Waals surface area (Å²) in [5.41, 5.74) is 1.73. The van der Waals surface area contributed by atoms with Gasteiger partial charge in [0.1, 0.15) is 0 Å². The molecular formula is C20H25ClN2O3S. The van der Waals surface area contributed by atoms with Gasteiger partial charge in [0.05, 0.1) is 10.6 Å². The van der Waals surface area contributed by atoms with Gasteiger partial charge in [-0.25, -0.2) is 8.42 Å². The molecule has 27 heavy (non-hydrogen) atoms. The molecule has 0 bridgehead atoms. The lowest BCUT2D eigenvalue weighted by molar-refractivity contribution is 0.0938. The molecule has 0 aliphatic carbocycles. The molecule has 0 unspecified atom stereocenters. The fraction of sp³-hybridized carbons (Fsp3) is 0.350. The molecule has 0 aliphatic rings. The molecule has 0 aliphatic heterocycles. The van der Waals surface area contributed by atoms with E-state index in [1.807, 2.05) is 6.92 Å². The Morgan fingerprint density at radius 1 is 1.19 bits per heavy atom. The van der Waals surface area contributed by atoms with Crippen LogP contribution >= 0.6 is 11.6 Å². The Morgan fingerprint density at radius 3 is 2.37 bits per heavy atom. The molecule has 0 fully saturated rings. The van der Waals surface area contributed by atoms with Gasteiger partial charge in [-0.2, -0.15) is 0 Å². The molecule has 146 valence electrons. The monoisotopic (exact) mass is 408 g/mol. The first-order chi connectivity index (χ1) is 12.7. The van der Waals surface area contributed by atoms with Gasteiger partial charge >= 0.3 is 0 Å². The molecule has 1 N–H and O–H groups in total. The van der Waals surface area contributed by atoms with E-state index in [0.29, 0.717) is 21.8 Å². The summed E-state index contributed by atoms with van der Waals surface area (Å²) in [5, 5.41) is 3.42. The van der Waals surface area contributed by atoms with Gasteiger partial charge in [0, 0.05) is 23.7 Å². The van der Waals surface area contributed by atoms with Crippen molar-refractivity contribution in [2.75, 3.05) is 11.4 Å². The molecular weight excluding hydrogens is 384 g/mol. The Labute approximate surface area is 166 Å². The first kappa shape index (κ1) is 21.3. The number of carbonyl (C=O) groups excluding carboxylic acids is 1. The van der Waals surface area contributed by atoms with E-state index in [9.17, 15) is 13.2 Å². The van der Waals surface area contributed by atoms with E-state index < -0.39 is 10.0 Å². The minimum atomic E-state index is -3.72. The average Bonchev–Trinajstić information content (AvgIpc) is 2.61. The van der Waals surface area contributed by atoms with Crippen molar-refractivity contribution in [1.82, 2.24) is 5.32 Å². The fourth-order valence-corrected chi connectivity index (χ4v) is 4.24. The summed E-state index contributed by atoms with van der Waals surface area (Å²) in [7, 11) is -2.22. The third kappa shape index (κ3) is 5.02. The van der Waals surface area contributed by atoms with Crippen LogP contribution in [0.25, 0.3) is 0 Å². The summed E-state index contributed by atoms with van der Waals surface area (Å²) in [6, 6.07) is 11.1. The molecule has 2 rings (SSSR count). The van der Waals surface area contributed by atoms with E-state index in [-0.39, 0.29) is 16.8 Å². The Hall–Kier alpha value is -2.05. The minimum absolute atomic E-state index is 0.0930. The van der Waals surface area contributed by atoms with Crippen LogP contribution in [-0.2, 0) is 10.0 Å². The standard InChI is InChI=1S/C20H25ClN2O3S/c1-5-6-15(3)22-20(24)16-7-12-19(14(2)13-16)23(4)27(25,26)18-10-8-17(21)9-11-18/h7-13,15H,5-6H2,1-4H3,(H,22,24)/t15-/m0/s1. The molecule has 7 heteroatoms. The SMILES string of the molecule is CCC[C@H](C)NC(=O)c1ccc(N(C)S(=O)(=O)c2ccc(Cl)cc2)c(C)c1. The van der Waals surface area contributed by atoms with Crippen LogP contribution in [0, 0.1) is 6.92 Å². The molecule has 0 spiro atoms. The van der Waals surface area contributed by atoms with Gasteiger partial charge in [0.2, 0.25) is 0 Å². The quantitative estimate of drug-likeness (QED) is 0.738. The number of carbonyl (C=O) groups is 1. The van der Waals surface area contributed by atoms with Crippen LogP contribution in [-0.4, -0.2) is 27.4 Å². The minimum Gasteiger partial charge on any atom is -0.350 e. The van der Waals surface area contributed by atoms with Crippen LogP contribution in [0.3, 0.4) is 0 Å². The molecule has 0 saturated heterocycles. The number of aryl methyl sites for hydroxylation is 1. The second-order valence-electron chi connectivity index (χ2n) is 6.59. The van der Waals surface area contributed by atoms with E-state index >= 15 is 0 Å². The van der Waals surface area contributed by atoms with Gasteiger partial charge in [0.25, 0.3) is 15.9 Å². The highest BCUT2D eigenvalue weighted by Crippen LogP contribution is 2.27. The number of nitrogens with zero attached hydrogens (tertiary/aromatic N) is 1. The predicted octanol–water partition coefficient (Wildman–Crippen LogP) is 4.39. The normalized spacial score (nSPS) is 12.5. The lowest BCUT2D eigenvalue weighted by Crippen LogP contribution is -2.32. The van der Waals surface area contributed by atoms with Crippen LogP contribution in [0.4, 0.5) is 5.69 Å². The molecule has 0 saturated carbocycles. The first-order valence-electron chi connectivity index (χ1n) is 8.82. The highest BCUT2D eigenvalue weighted by atomic mass is 35.5. The number of benzene rings is 2. The third-order valence-corrected chi connectivity index (χ3v) is 6.41. The van der Waals surface area contributed by atoms with Crippen LogP contribution in [0.15, 0.2) is 47.4 Å². The van der Waals surface area contributed by atoms with Crippen LogP contribution in [0.5, 0.6) is 0 Å². The highest BCUT2D eigenvalue weighted by Gasteiger charge is 2.23. The smallest absolute Gasteiger partial charge is 0.264 e. The number of anilines is 1. The summed E-state index contributed by atoms with van der Waals surface area (Å²) >= 11 is 5.84. The number of rotatable bonds is 7. The van der Waals surface area contributed by atoms with Crippen LogP contribution in [0.2, 0.25) is 5.02 Å². The summed E-state index contributed by atoms with van der Waals surface area (Å²) in [4.78, 5) is 12.5. The summed E-state index contributed by atoms with van der Waals surface area (Å²) in [6.45, 7) is 5.82. The molecule has 0 aromatic heterocycles. The zero-order valence-corrected chi connectivity index (χ0v) is 17.6. The van der Waals surface area contributed by atoms with Crippen molar-refractivity contribution < 1.29 is 13.2 Å². The number of hydrogen-bond donors (Lipinski definition) is 1. The Bertz CT molecular complexity index is 911. The number of sulfonamides is 1. The number of amides is 1. The topological polar surface area (TPSA) is 66.5 Å². The number of hydrogen-bond acceptors (Lipinski definition) is 3. The van der Waals surface area contributed by atoms with E-state index in [1.54, 1.807) is 37.3 Å². The summed E-state index contributed by atoms with van der Waals surface area (Å²) in [5.74, 6) is -0.159. The maximum Gasteiger partial charge on any atom is 0.264 e. The Balaban J connectivity index is 2.26. The second kappa shape index (κ2) is 8.76. The Morgan fingerprint density at radius 2 is 1.81 bits per heavy atom. The third-order valence-electron chi connectivity index (χ3n) is 4.37. The van der Waals surface area contributed by atoms with Crippen molar-refractivity contribution in [2.24, 2.45) is 0 Å². The van der Waals surface area contributed by atoms with Crippen molar-refractivity contribution in [1.29, 1.82) is 0 Å².